The van der Waals surface area contributed by atoms with Crippen molar-refractivity contribution in [3.05, 3.63) is 41.1 Å². The number of nitrogens with zero attached hydrogens (tertiary/aromatic N) is 2. The number of para-hydroxylation sites is 1. The van der Waals surface area contributed by atoms with Gasteiger partial charge in [0.05, 0.1) is 5.69 Å². The molecule has 0 atom stereocenters. The standard InChI is InChI=1S/C14H18BrN5/c1-14(2,8-16)20-13-7-12(17-9-18-13)19-11-6-4-3-5-10(11)15/h3-7,9H,8,16H2,1-2H3,(H2,17,18,19,20). The zero-order chi connectivity index (χ0) is 14.6. The highest BCUT2D eigenvalue weighted by molar-refractivity contribution is 9.10. The van der Waals surface area contributed by atoms with Crippen molar-refractivity contribution in [3.8, 4) is 0 Å². The molecule has 0 amide bonds. The molecule has 0 aliphatic heterocycles. The predicted octanol–water partition coefficient (Wildman–Crippen LogP) is 3.13. The van der Waals surface area contributed by atoms with Crippen LogP contribution in [0.1, 0.15) is 13.8 Å². The monoisotopic (exact) mass is 335 g/mol. The third-order valence-electron chi connectivity index (χ3n) is 2.78. The van der Waals surface area contributed by atoms with Gasteiger partial charge in [-0.15, -0.1) is 0 Å². The Balaban J connectivity index is 2.16. The van der Waals surface area contributed by atoms with Crippen LogP contribution in [-0.4, -0.2) is 22.1 Å². The van der Waals surface area contributed by atoms with Gasteiger partial charge in [-0.1, -0.05) is 12.1 Å². The second-order valence-electron chi connectivity index (χ2n) is 5.11. The molecule has 0 fully saturated rings. The van der Waals surface area contributed by atoms with Crippen molar-refractivity contribution in [3.63, 3.8) is 0 Å². The number of halogens is 1. The van der Waals surface area contributed by atoms with E-state index in [-0.39, 0.29) is 5.54 Å². The van der Waals surface area contributed by atoms with Crippen molar-refractivity contribution in [1.82, 2.24) is 9.97 Å². The van der Waals surface area contributed by atoms with E-state index >= 15 is 0 Å². The van der Waals surface area contributed by atoms with E-state index in [1.165, 1.54) is 6.33 Å². The summed E-state index contributed by atoms with van der Waals surface area (Å²) in [5, 5.41) is 6.53. The first-order chi connectivity index (χ1) is 9.50. The minimum atomic E-state index is -0.209. The second-order valence-corrected chi connectivity index (χ2v) is 5.96. The maximum atomic E-state index is 5.71. The van der Waals surface area contributed by atoms with Crippen LogP contribution < -0.4 is 16.4 Å². The van der Waals surface area contributed by atoms with Gasteiger partial charge in [0.15, 0.2) is 0 Å². The first-order valence-corrected chi connectivity index (χ1v) is 7.11. The van der Waals surface area contributed by atoms with Crippen LogP contribution in [0.4, 0.5) is 17.3 Å². The largest absolute Gasteiger partial charge is 0.364 e. The van der Waals surface area contributed by atoms with Crippen LogP contribution in [0, 0.1) is 0 Å². The third-order valence-corrected chi connectivity index (χ3v) is 3.47. The van der Waals surface area contributed by atoms with Crippen LogP contribution in [0.25, 0.3) is 0 Å². The van der Waals surface area contributed by atoms with E-state index in [1.807, 2.05) is 44.2 Å². The zero-order valence-corrected chi connectivity index (χ0v) is 13.1. The molecule has 0 saturated heterocycles. The Bertz CT molecular complexity index is 585. The lowest BCUT2D eigenvalue weighted by atomic mass is 10.1. The Kier molecular flexibility index (Phi) is 4.57. The van der Waals surface area contributed by atoms with Crippen molar-refractivity contribution in [1.29, 1.82) is 0 Å². The van der Waals surface area contributed by atoms with Gasteiger partial charge >= 0.3 is 0 Å². The van der Waals surface area contributed by atoms with E-state index in [9.17, 15) is 0 Å². The molecule has 1 aromatic carbocycles. The van der Waals surface area contributed by atoms with Crippen molar-refractivity contribution in [2.75, 3.05) is 17.2 Å². The lowest BCUT2D eigenvalue weighted by Crippen LogP contribution is -2.39. The molecule has 4 N–H and O–H groups in total. The molecule has 0 bridgehead atoms. The maximum Gasteiger partial charge on any atom is 0.135 e. The fourth-order valence-electron chi connectivity index (χ4n) is 1.59. The van der Waals surface area contributed by atoms with Crippen LogP contribution in [0.5, 0.6) is 0 Å². The highest BCUT2D eigenvalue weighted by atomic mass is 79.9. The molecule has 106 valence electrons. The summed E-state index contributed by atoms with van der Waals surface area (Å²) in [4.78, 5) is 8.42. The Hall–Kier alpha value is -1.66. The number of nitrogens with two attached hydrogens (primary N) is 1. The van der Waals surface area contributed by atoms with Crippen molar-refractivity contribution in [2.45, 2.75) is 19.4 Å². The summed E-state index contributed by atoms with van der Waals surface area (Å²) in [5.41, 5.74) is 6.45. The average molecular weight is 336 g/mol. The van der Waals surface area contributed by atoms with Gasteiger partial charge in [-0.3, -0.25) is 0 Å². The fraction of sp³-hybridized carbons (Fsp3) is 0.286. The SMILES string of the molecule is CC(C)(CN)Nc1cc(Nc2ccccc2Br)ncn1. The number of aromatic nitrogens is 2. The average Bonchev–Trinajstić information content (AvgIpc) is 2.41. The van der Waals surface area contributed by atoms with Gasteiger partial charge in [-0.25, -0.2) is 9.97 Å². The normalized spacial score (nSPS) is 11.2. The highest BCUT2D eigenvalue weighted by Gasteiger charge is 2.15. The molecule has 1 heterocycles. The molecular formula is C14H18BrN5. The molecule has 0 radical (unpaired) electrons. The van der Waals surface area contributed by atoms with Gasteiger partial charge < -0.3 is 16.4 Å². The Morgan fingerprint density at radius 2 is 1.90 bits per heavy atom. The van der Waals surface area contributed by atoms with Crippen LogP contribution in [0.15, 0.2) is 41.1 Å². The first-order valence-electron chi connectivity index (χ1n) is 6.32. The summed E-state index contributed by atoms with van der Waals surface area (Å²) in [5.74, 6) is 1.47. The van der Waals surface area contributed by atoms with Gasteiger partial charge in [0.25, 0.3) is 0 Å². The van der Waals surface area contributed by atoms with E-state index in [0.29, 0.717) is 6.54 Å². The van der Waals surface area contributed by atoms with E-state index < -0.39 is 0 Å². The summed E-state index contributed by atoms with van der Waals surface area (Å²) in [6.07, 6.45) is 1.52. The van der Waals surface area contributed by atoms with E-state index in [1.54, 1.807) is 0 Å². The Morgan fingerprint density at radius 3 is 2.60 bits per heavy atom. The van der Waals surface area contributed by atoms with Gasteiger partial charge in [0.1, 0.15) is 18.0 Å². The summed E-state index contributed by atoms with van der Waals surface area (Å²) in [6.45, 7) is 4.57. The lowest BCUT2D eigenvalue weighted by Gasteiger charge is -2.24. The molecule has 20 heavy (non-hydrogen) atoms. The van der Waals surface area contributed by atoms with E-state index in [0.717, 1.165) is 21.8 Å². The van der Waals surface area contributed by atoms with Gasteiger partial charge in [0, 0.05) is 22.6 Å². The van der Waals surface area contributed by atoms with E-state index in [4.69, 9.17) is 5.73 Å². The summed E-state index contributed by atoms with van der Waals surface area (Å²) in [6, 6.07) is 9.73. The quantitative estimate of drug-likeness (QED) is 0.782. The third kappa shape index (κ3) is 3.91. The van der Waals surface area contributed by atoms with Crippen LogP contribution in [0.2, 0.25) is 0 Å². The topological polar surface area (TPSA) is 75.9 Å². The molecule has 2 aromatic rings. The number of benzene rings is 1. The number of anilines is 3. The number of rotatable bonds is 5. The Morgan fingerprint density at radius 1 is 1.20 bits per heavy atom. The van der Waals surface area contributed by atoms with Gasteiger partial charge in [-0.2, -0.15) is 0 Å². The zero-order valence-electron chi connectivity index (χ0n) is 11.5. The maximum absolute atomic E-state index is 5.71. The smallest absolute Gasteiger partial charge is 0.135 e. The molecule has 2 rings (SSSR count). The number of hydrogen-bond acceptors (Lipinski definition) is 5. The van der Waals surface area contributed by atoms with Gasteiger partial charge in [-0.05, 0) is 41.9 Å². The van der Waals surface area contributed by atoms with Crippen molar-refractivity contribution in [2.24, 2.45) is 5.73 Å². The molecule has 5 nitrogen and oxygen atoms in total. The molecule has 0 spiro atoms. The molecule has 0 aliphatic rings. The molecule has 0 saturated carbocycles. The molecule has 1 aromatic heterocycles. The molecular weight excluding hydrogens is 318 g/mol. The lowest BCUT2D eigenvalue weighted by molar-refractivity contribution is 0.577. The Labute approximate surface area is 127 Å². The minimum Gasteiger partial charge on any atom is -0.364 e. The van der Waals surface area contributed by atoms with Crippen molar-refractivity contribution < 1.29 is 0 Å². The number of hydrogen-bond donors (Lipinski definition) is 3. The van der Waals surface area contributed by atoms with E-state index in [2.05, 4.69) is 36.5 Å². The van der Waals surface area contributed by atoms with Crippen molar-refractivity contribution >= 4 is 33.3 Å². The fourth-order valence-corrected chi connectivity index (χ4v) is 1.98. The summed E-state index contributed by atoms with van der Waals surface area (Å²) >= 11 is 3.49. The molecule has 0 unspecified atom stereocenters. The van der Waals surface area contributed by atoms with Crippen LogP contribution >= 0.6 is 15.9 Å². The predicted molar refractivity (Wildman–Crippen MR) is 86.2 cm³/mol. The van der Waals surface area contributed by atoms with Gasteiger partial charge in [0.2, 0.25) is 0 Å². The molecule has 0 aliphatic carbocycles. The molecule has 6 heteroatoms. The van der Waals surface area contributed by atoms with Crippen LogP contribution in [-0.2, 0) is 0 Å². The second kappa shape index (κ2) is 6.19. The highest BCUT2D eigenvalue weighted by Crippen LogP contribution is 2.25. The number of nitrogens with one attached hydrogen (secondary N) is 2. The minimum absolute atomic E-state index is 0.209. The summed E-state index contributed by atoms with van der Waals surface area (Å²) in [7, 11) is 0. The first kappa shape index (κ1) is 14.7. The summed E-state index contributed by atoms with van der Waals surface area (Å²) < 4.78 is 0.982. The van der Waals surface area contributed by atoms with Crippen LogP contribution in [0.3, 0.4) is 0 Å².